The second kappa shape index (κ2) is 4.86. The molecule has 0 aliphatic carbocycles. The number of hydrogen-bond acceptors (Lipinski definition) is 3. The average molecular weight is 251 g/mol. The van der Waals surface area contributed by atoms with Gasteiger partial charge in [0.1, 0.15) is 11.6 Å². The van der Waals surface area contributed by atoms with Crippen molar-refractivity contribution in [1.82, 2.24) is 4.31 Å². The van der Waals surface area contributed by atoms with Gasteiger partial charge >= 0.3 is 0 Å². The summed E-state index contributed by atoms with van der Waals surface area (Å²) in [5.41, 5.74) is 0. The summed E-state index contributed by atoms with van der Waals surface area (Å²) in [4.78, 5) is -0.994. The molecule has 0 atom stereocenters. The Balaban J connectivity index is 3.27. The Labute approximate surface area is 92.2 Å². The minimum atomic E-state index is -4.24. The summed E-state index contributed by atoms with van der Waals surface area (Å²) in [6, 6.07) is 2.81. The molecule has 0 saturated carbocycles. The molecule has 90 valence electrons. The molecule has 1 rings (SSSR count). The molecule has 0 amide bonds. The smallest absolute Gasteiger partial charge is 0.248 e. The zero-order valence-electron chi connectivity index (χ0n) is 8.52. The van der Waals surface area contributed by atoms with Gasteiger partial charge in [-0.15, -0.1) is 0 Å². The number of benzene rings is 1. The summed E-state index contributed by atoms with van der Waals surface area (Å²) >= 11 is 0. The van der Waals surface area contributed by atoms with Crippen LogP contribution in [0, 0.1) is 11.6 Å². The summed E-state index contributed by atoms with van der Waals surface area (Å²) < 4.78 is 50.6. The highest BCUT2D eigenvalue weighted by molar-refractivity contribution is 7.89. The number of sulfonamides is 1. The zero-order valence-corrected chi connectivity index (χ0v) is 9.34. The Bertz CT molecular complexity index is 455. The minimum Gasteiger partial charge on any atom is -0.395 e. The van der Waals surface area contributed by atoms with Crippen molar-refractivity contribution in [3.63, 3.8) is 0 Å². The second-order valence-corrected chi connectivity index (χ2v) is 5.08. The van der Waals surface area contributed by atoms with Gasteiger partial charge in [0.05, 0.1) is 6.61 Å². The maximum absolute atomic E-state index is 13.2. The predicted octanol–water partition coefficient (Wildman–Crippen LogP) is 0.578. The normalized spacial score (nSPS) is 12.1. The molecule has 0 heterocycles. The molecule has 0 aromatic heterocycles. The van der Waals surface area contributed by atoms with E-state index in [1.165, 1.54) is 0 Å². The third-order valence-electron chi connectivity index (χ3n) is 2.00. The van der Waals surface area contributed by atoms with Gasteiger partial charge in [-0.3, -0.25) is 0 Å². The highest BCUT2D eigenvalue weighted by Crippen LogP contribution is 2.21. The predicted molar refractivity (Wildman–Crippen MR) is 53.3 cm³/mol. The first-order valence-electron chi connectivity index (χ1n) is 4.42. The van der Waals surface area contributed by atoms with E-state index in [0.29, 0.717) is 4.31 Å². The van der Waals surface area contributed by atoms with Gasteiger partial charge in [0.15, 0.2) is 4.90 Å². The summed E-state index contributed by atoms with van der Waals surface area (Å²) in [7, 11) is -3.10. The highest BCUT2D eigenvalue weighted by Gasteiger charge is 2.27. The van der Waals surface area contributed by atoms with E-state index in [1.807, 2.05) is 0 Å². The molecule has 1 aromatic carbocycles. The first kappa shape index (κ1) is 13.0. The Hall–Kier alpha value is -1.05. The molecule has 0 saturated heterocycles. The molecular formula is C9H11F2NO3S. The van der Waals surface area contributed by atoms with Crippen LogP contribution in [-0.2, 0) is 10.0 Å². The SMILES string of the molecule is CN(CCO)S(=O)(=O)c1c(F)cccc1F. The van der Waals surface area contributed by atoms with Crippen LogP contribution in [0.3, 0.4) is 0 Å². The van der Waals surface area contributed by atoms with Crippen molar-refractivity contribution < 1.29 is 22.3 Å². The van der Waals surface area contributed by atoms with Crippen LogP contribution in [0.25, 0.3) is 0 Å². The van der Waals surface area contributed by atoms with Crippen LogP contribution in [0.15, 0.2) is 23.1 Å². The molecular weight excluding hydrogens is 240 g/mol. The zero-order chi connectivity index (χ0) is 12.3. The summed E-state index contributed by atoms with van der Waals surface area (Å²) in [5.74, 6) is -2.30. The lowest BCUT2D eigenvalue weighted by molar-refractivity contribution is 0.266. The minimum absolute atomic E-state index is 0.226. The fourth-order valence-corrected chi connectivity index (χ4v) is 2.41. The monoisotopic (exact) mass is 251 g/mol. The molecule has 0 radical (unpaired) electrons. The molecule has 0 spiro atoms. The summed E-state index contributed by atoms with van der Waals surface area (Å²) in [5, 5.41) is 8.59. The number of nitrogens with zero attached hydrogens (tertiary/aromatic N) is 1. The van der Waals surface area contributed by atoms with Crippen molar-refractivity contribution in [3.05, 3.63) is 29.8 Å². The maximum Gasteiger partial charge on any atom is 0.248 e. The molecule has 7 heteroatoms. The van der Waals surface area contributed by atoms with Crippen LogP contribution in [-0.4, -0.2) is 38.0 Å². The Kier molecular flexibility index (Phi) is 3.95. The number of hydrogen-bond donors (Lipinski definition) is 1. The molecule has 0 aliphatic rings. The Morgan fingerprint density at radius 3 is 2.25 bits per heavy atom. The largest absolute Gasteiger partial charge is 0.395 e. The van der Waals surface area contributed by atoms with Gasteiger partial charge in [-0.25, -0.2) is 17.2 Å². The van der Waals surface area contributed by atoms with Gasteiger partial charge in [-0.1, -0.05) is 6.07 Å². The van der Waals surface area contributed by atoms with Crippen LogP contribution in [0.4, 0.5) is 8.78 Å². The Morgan fingerprint density at radius 1 is 1.31 bits per heavy atom. The number of aliphatic hydroxyl groups is 1. The molecule has 1 aromatic rings. The third kappa shape index (κ3) is 2.37. The number of halogens is 2. The maximum atomic E-state index is 13.2. The lowest BCUT2D eigenvalue weighted by atomic mass is 10.3. The Morgan fingerprint density at radius 2 is 1.81 bits per heavy atom. The molecule has 0 unspecified atom stereocenters. The van der Waals surface area contributed by atoms with Gasteiger partial charge in [0.2, 0.25) is 10.0 Å². The fraction of sp³-hybridized carbons (Fsp3) is 0.333. The van der Waals surface area contributed by atoms with E-state index >= 15 is 0 Å². The quantitative estimate of drug-likeness (QED) is 0.851. The highest BCUT2D eigenvalue weighted by atomic mass is 32.2. The summed E-state index contributed by atoms with van der Waals surface area (Å²) in [6.45, 7) is -0.651. The number of likely N-dealkylation sites (N-methyl/N-ethyl adjacent to an activating group) is 1. The van der Waals surface area contributed by atoms with E-state index in [1.54, 1.807) is 0 Å². The average Bonchev–Trinajstić information content (AvgIpc) is 2.17. The van der Waals surface area contributed by atoms with E-state index in [-0.39, 0.29) is 6.54 Å². The van der Waals surface area contributed by atoms with Crippen molar-refractivity contribution in [1.29, 1.82) is 0 Å². The van der Waals surface area contributed by atoms with Crippen molar-refractivity contribution >= 4 is 10.0 Å². The van der Waals surface area contributed by atoms with Crippen molar-refractivity contribution in [2.75, 3.05) is 20.2 Å². The van der Waals surface area contributed by atoms with Gasteiger partial charge in [0, 0.05) is 13.6 Å². The van der Waals surface area contributed by atoms with Crippen LogP contribution < -0.4 is 0 Å². The first-order chi connectivity index (χ1) is 7.41. The second-order valence-electron chi connectivity index (χ2n) is 3.10. The molecule has 1 N–H and O–H groups in total. The number of rotatable bonds is 4. The van der Waals surface area contributed by atoms with Crippen LogP contribution >= 0.6 is 0 Å². The first-order valence-corrected chi connectivity index (χ1v) is 5.86. The molecule has 16 heavy (non-hydrogen) atoms. The fourth-order valence-electron chi connectivity index (χ4n) is 1.15. The third-order valence-corrected chi connectivity index (χ3v) is 3.91. The van der Waals surface area contributed by atoms with Crippen molar-refractivity contribution in [2.24, 2.45) is 0 Å². The lowest BCUT2D eigenvalue weighted by Gasteiger charge is -2.16. The van der Waals surface area contributed by atoms with Gasteiger partial charge in [-0.05, 0) is 12.1 Å². The molecule has 0 aliphatic heterocycles. The van der Waals surface area contributed by atoms with E-state index in [4.69, 9.17) is 5.11 Å². The van der Waals surface area contributed by atoms with Gasteiger partial charge < -0.3 is 5.11 Å². The molecule has 4 nitrogen and oxygen atoms in total. The number of aliphatic hydroxyl groups excluding tert-OH is 1. The van der Waals surface area contributed by atoms with E-state index in [0.717, 1.165) is 25.2 Å². The lowest BCUT2D eigenvalue weighted by Crippen LogP contribution is -2.31. The summed E-state index contributed by atoms with van der Waals surface area (Å²) in [6.07, 6.45) is 0. The van der Waals surface area contributed by atoms with Gasteiger partial charge in [-0.2, -0.15) is 4.31 Å². The topological polar surface area (TPSA) is 57.6 Å². The molecule has 0 bridgehead atoms. The van der Waals surface area contributed by atoms with Crippen LogP contribution in [0.2, 0.25) is 0 Å². The van der Waals surface area contributed by atoms with Crippen LogP contribution in [0.5, 0.6) is 0 Å². The van der Waals surface area contributed by atoms with Crippen molar-refractivity contribution in [3.8, 4) is 0 Å². The molecule has 0 fully saturated rings. The van der Waals surface area contributed by atoms with E-state index in [9.17, 15) is 17.2 Å². The van der Waals surface area contributed by atoms with E-state index in [2.05, 4.69) is 0 Å². The van der Waals surface area contributed by atoms with E-state index < -0.39 is 33.2 Å². The van der Waals surface area contributed by atoms with Crippen molar-refractivity contribution in [2.45, 2.75) is 4.90 Å². The van der Waals surface area contributed by atoms with Crippen LogP contribution in [0.1, 0.15) is 0 Å². The van der Waals surface area contributed by atoms with Gasteiger partial charge in [0.25, 0.3) is 0 Å². The standard InChI is InChI=1S/C9H11F2NO3S/c1-12(5-6-13)16(14,15)9-7(10)3-2-4-8(9)11/h2-4,13H,5-6H2,1H3.